The molecule has 17 heavy (non-hydrogen) atoms. The quantitative estimate of drug-likeness (QED) is 0.772. The van der Waals surface area contributed by atoms with E-state index in [0.717, 1.165) is 30.5 Å². The summed E-state index contributed by atoms with van der Waals surface area (Å²) in [6, 6.07) is 7.77. The molecule has 4 nitrogen and oxygen atoms in total. The number of hydrogen-bond acceptors (Lipinski definition) is 4. The first-order valence-electron chi connectivity index (χ1n) is 5.95. The SMILES string of the molecule is CCCNCCOc1cnc2ccccc2n1. The zero-order chi connectivity index (χ0) is 11.9. The predicted octanol–water partition coefficient (Wildman–Crippen LogP) is 2.01. The molecule has 1 N–H and O–H groups in total. The van der Waals surface area contributed by atoms with Crippen molar-refractivity contribution in [3.63, 3.8) is 0 Å². The Morgan fingerprint density at radius 3 is 2.82 bits per heavy atom. The highest BCUT2D eigenvalue weighted by atomic mass is 16.5. The highest BCUT2D eigenvalue weighted by molar-refractivity contribution is 5.73. The highest BCUT2D eigenvalue weighted by Gasteiger charge is 1.99. The second-order valence-electron chi connectivity index (χ2n) is 3.80. The summed E-state index contributed by atoms with van der Waals surface area (Å²) in [4.78, 5) is 8.67. The van der Waals surface area contributed by atoms with E-state index in [1.54, 1.807) is 6.20 Å². The zero-order valence-electron chi connectivity index (χ0n) is 10.0. The number of para-hydroxylation sites is 2. The van der Waals surface area contributed by atoms with Crippen LogP contribution in [0.25, 0.3) is 11.0 Å². The van der Waals surface area contributed by atoms with Gasteiger partial charge >= 0.3 is 0 Å². The van der Waals surface area contributed by atoms with E-state index in [2.05, 4.69) is 22.2 Å². The Morgan fingerprint density at radius 2 is 2.00 bits per heavy atom. The van der Waals surface area contributed by atoms with Gasteiger partial charge in [-0.05, 0) is 25.1 Å². The lowest BCUT2D eigenvalue weighted by molar-refractivity contribution is 0.302. The van der Waals surface area contributed by atoms with Crippen LogP contribution in [0, 0.1) is 0 Å². The Bertz CT molecular complexity index is 473. The van der Waals surface area contributed by atoms with E-state index in [0.29, 0.717) is 12.5 Å². The minimum Gasteiger partial charge on any atom is -0.475 e. The molecule has 2 aromatic rings. The van der Waals surface area contributed by atoms with E-state index in [-0.39, 0.29) is 0 Å². The molecule has 0 amide bonds. The fraction of sp³-hybridized carbons (Fsp3) is 0.385. The van der Waals surface area contributed by atoms with E-state index >= 15 is 0 Å². The van der Waals surface area contributed by atoms with E-state index in [4.69, 9.17) is 4.74 Å². The van der Waals surface area contributed by atoms with Gasteiger partial charge in [-0.1, -0.05) is 19.1 Å². The molecule has 4 heteroatoms. The van der Waals surface area contributed by atoms with Crippen LogP contribution in [0.4, 0.5) is 0 Å². The van der Waals surface area contributed by atoms with Gasteiger partial charge in [-0.2, -0.15) is 0 Å². The van der Waals surface area contributed by atoms with Gasteiger partial charge in [0.1, 0.15) is 6.61 Å². The monoisotopic (exact) mass is 231 g/mol. The maximum atomic E-state index is 5.52. The molecular formula is C13H17N3O. The van der Waals surface area contributed by atoms with Gasteiger partial charge in [0, 0.05) is 6.54 Å². The van der Waals surface area contributed by atoms with E-state index in [1.165, 1.54) is 0 Å². The molecule has 0 saturated heterocycles. The Balaban J connectivity index is 1.90. The molecule has 1 aromatic carbocycles. The summed E-state index contributed by atoms with van der Waals surface area (Å²) < 4.78 is 5.52. The molecule has 0 atom stereocenters. The van der Waals surface area contributed by atoms with Crippen LogP contribution >= 0.6 is 0 Å². The van der Waals surface area contributed by atoms with Crippen LogP contribution < -0.4 is 10.1 Å². The van der Waals surface area contributed by atoms with E-state index in [9.17, 15) is 0 Å². The average molecular weight is 231 g/mol. The van der Waals surface area contributed by atoms with Crippen molar-refractivity contribution in [3.05, 3.63) is 30.5 Å². The summed E-state index contributed by atoms with van der Waals surface area (Å²) in [5.74, 6) is 0.585. The van der Waals surface area contributed by atoms with Crippen LogP contribution in [0.1, 0.15) is 13.3 Å². The summed E-state index contributed by atoms with van der Waals surface area (Å²) in [7, 11) is 0. The molecule has 90 valence electrons. The van der Waals surface area contributed by atoms with Crippen molar-refractivity contribution in [1.82, 2.24) is 15.3 Å². The van der Waals surface area contributed by atoms with Gasteiger partial charge in [0.2, 0.25) is 5.88 Å². The number of nitrogens with zero attached hydrogens (tertiary/aromatic N) is 2. The van der Waals surface area contributed by atoms with Crippen molar-refractivity contribution in [2.45, 2.75) is 13.3 Å². The second-order valence-corrected chi connectivity index (χ2v) is 3.80. The molecule has 2 rings (SSSR count). The van der Waals surface area contributed by atoms with Gasteiger partial charge in [0.25, 0.3) is 0 Å². The van der Waals surface area contributed by atoms with Crippen molar-refractivity contribution >= 4 is 11.0 Å². The third-order valence-electron chi connectivity index (χ3n) is 2.38. The third kappa shape index (κ3) is 3.39. The first-order chi connectivity index (χ1) is 8.40. The maximum Gasteiger partial charge on any atom is 0.232 e. The predicted molar refractivity (Wildman–Crippen MR) is 68.2 cm³/mol. The Labute approximate surface area is 101 Å². The van der Waals surface area contributed by atoms with Gasteiger partial charge in [-0.3, -0.25) is 0 Å². The fourth-order valence-electron chi connectivity index (χ4n) is 1.54. The molecule has 1 heterocycles. The van der Waals surface area contributed by atoms with E-state index < -0.39 is 0 Å². The third-order valence-corrected chi connectivity index (χ3v) is 2.38. The van der Waals surface area contributed by atoms with Crippen molar-refractivity contribution in [3.8, 4) is 5.88 Å². The number of ether oxygens (including phenoxy) is 1. The lowest BCUT2D eigenvalue weighted by Crippen LogP contribution is -2.21. The molecular weight excluding hydrogens is 214 g/mol. The standard InChI is InChI=1S/C13H17N3O/c1-2-7-14-8-9-17-13-10-15-11-5-3-4-6-12(11)16-13/h3-6,10,14H,2,7-9H2,1H3. The number of benzene rings is 1. The minimum absolute atomic E-state index is 0.585. The van der Waals surface area contributed by atoms with Gasteiger partial charge < -0.3 is 10.1 Å². The van der Waals surface area contributed by atoms with Crippen molar-refractivity contribution in [1.29, 1.82) is 0 Å². The highest BCUT2D eigenvalue weighted by Crippen LogP contribution is 2.12. The molecule has 0 aliphatic rings. The Morgan fingerprint density at radius 1 is 1.18 bits per heavy atom. The molecule has 0 unspecified atom stereocenters. The average Bonchev–Trinajstić information content (AvgIpc) is 2.38. The van der Waals surface area contributed by atoms with Crippen LogP contribution in [0.5, 0.6) is 5.88 Å². The molecule has 0 spiro atoms. The Kier molecular flexibility index (Phi) is 4.27. The molecule has 0 aliphatic carbocycles. The summed E-state index contributed by atoms with van der Waals surface area (Å²) in [5.41, 5.74) is 1.76. The smallest absolute Gasteiger partial charge is 0.232 e. The van der Waals surface area contributed by atoms with Crippen molar-refractivity contribution < 1.29 is 4.74 Å². The summed E-state index contributed by atoms with van der Waals surface area (Å²) in [6.45, 7) is 4.62. The molecule has 0 saturated carbocycles. The van der Waals surface area contributed by atoms with Crippen LogP contribution in [-0.2, 0) is 0 Å². The van der Waals surface area contributed by atoms with Crippen LogP contribution in [0.15, 0.2) is 30.5 Å². The first kappa shape index (κ1) is 11.8. The number of fused-ring (bicyclic) bond motifs is 1. The molecule has 1 aromatic heterocycles. The minimum atomic E-state index is 0.585. The molecule has 0 radical (unpaired) electrons. The van der Waals surface area contributed by atoms with Gasteiger partial charge in [-0.15, -0.1) is 0 Å². The van der Waals surface area contributed by atoms with Crippen LogP contribution in [0.2, 0.25) is 0 Å². The number of hydrogen-bond donors (Lipinski definition) is 1. The van der Waals surface area contributed by atoms with Gasteiger partial charge in [0.05, 0.1) is 17.2 Å². The topological polar surface area (TPSA) is 47.0 Å². The van der Waals surface area contributed by atoms with Crippen LogP contribution in [-0.4, -0.2) is 29.7 Å². The zero-order valence-corrected chi connectivity index (χ0v) is 10.0. The largest absolute Gasteiger partial charge is 0.475 e. The Hall–Kier alpha value is -1.68. The van der Waals surface area contributed by atoms with Gasteiger partial charge in [-0.25, -0.2) is 9.97 Å². The van der Waals surface area contributed by atoms with Gasteiger partial charge in [0.15, 0.2) is 0 Å². The number of nitrogens with one attached hydrogen (secondary N) is 1. The summed E-state index contributed by atoms with van der Waals surface area (Å²) in [5, 5.41) is 3.27. The summed E-state index contributed by atoms with van der Waals surface area (Å²) in [6.07, 6.45) is 2.80. The number of aromatic nitrogens is 2. The fourth-order valence-corrected chi connectivity index (χ4v) is 1.54. The number of rotatable bonds is 6. The summed E-state index contributed by atoms with van der Waals surface area (Å²) >= 11 is 0. The maximum absolute atomic E-state index is 5.52. The van der Waals surface area contributed by atoms with Crippen LogP contribution in [0.3, 0.4) is 0 Å². The van der Waals surface area contributed by atoms with E-state index in [1.807, 2.05) is 24.3 Å². The lowest BCUT2D eigenvalue weighted by atomic mass is 10.3. The normalized spacial score (nSPS) is 10.6. The first-order valence-corrected chi connectivity index (χ1v) is 5.95. The molecule has 0 bridgehead atoms. The van der Waals surface area contributed by atoms with Crippen molar-refractivity contribution in [2.75, 3.05) is 19.7 Å². The van der Waals surface area contributed by atoms with Crippen molar-refractivity contribution in [2.24, 2.45) is 0 Å². The second kappa shape index (κ2) is 6.15. The molecule has 0 aliphatic heterocycles. The molecule has 0 fully saturated rings. The lowest BCUT2D eigenvalue weighted by Gasteiger charge is -2.06.